The Morgan fingerprint density at radius 2 is 1.49 bits per heavy atom. The van der Waals surface area contributed by atoms with Crippen LogP contribution in [0.3, 0.4) is 0 Å². The molecule has 1 aliphatic carbocycles. The minimum atomic E-state index is -0.675. The zero-order valence-corrected chi connectivity index (χ0v) is 21.6. The number of benzene rings is 3. The number of nitrogens with zero attached hydrogens (tertiary/aromatic N) is 2. The fourth-order valence-corrected chi connectivity index (χ4v) is 6.69. The quantitative estimate of drug-likeness (QED) is 0.505. The minimum absolute atomic E-state index is 0.113. The number of hydrogen-bond acceptors (Lipinski definition) is 3. The van der Waals surface area contributed by atoms with Gasteiger partial charge in [-0.15, -0.1) is 0 Å². The summed E-state index contributed by atoms with van der Waals surface area (Å²) in [6.45, 7) is 6.25. The molecule has 2 amide bonds. The molecule has 3 aromatic carbocycles. The SMILES string of the molecule is CCCNC(=O)C1(CCN2CCC(N3Cc4ccccc4C3=O)CC2)c2ccccc2-c2ccccc21. The van der Waals surface area contributed by atoms with Crippen LogP contribution in [0.1, 0.15) is 59.7 Å². The highest BCUT2D eigenvalue weighted by atomic mass is 16.2. The Bertz CT molecular complexity index is 1280. The molecule has 5 nitrogen and oxygen atoms in total. The average molecular weight is 494 g/mol. The molecule has 0 radical (unpaired) electrons. The summed E-state index contributed by atoms with van der Waals surface area (Å²) in [5.74, 6) is 0.293. The van der Waals surface area contributed by atoms with Gasteiger partial charge in [0.25, 0.3) is 5.91 Å². The van der Waals surface area contributed by atoms with Crippen LogP contribution in [0.5, 0.6) is 0 Å². The Morgan fingerprint density at radius 1 is 0.892 bits per heavy atom. The number of hydrogen-bond donors (Lipinski definition) is 1. The molecule has 0 bridgehead atoms. The molecule has 5 heteroatoms. The van der Waals surface area contributed by atoms with Gasteiger partial charge in [-0.2, -0.15) is 0 Å². The largest absolute Gasteiger partial charge is 0.355 e. The van der Waals surface area contributed by atoms with E-state index in [1.807, 2.05) is 18.2 Å². The van der Waals surface area contributed by atoms with Gasteiger partial charge in [0.1, 0.15) is 5.41 Å². The topological polar surface area (TPSA) is 52.7 Å². The maximum Gasteiger partial charge on any atom is 0.254 e. The van der Waals surface area contributed by atoms with Gasteiger partial charge in [-0.25, -0.2) is 0 Å². The smallest absolute Gasteiger partial charge is 0.254 e. The van der Waals surface area contributed by atoms with E-state index in [2.05, 4.69) is 76.6 Å². The summed E-state index contributed by atoms with van der Waals surface area (Å²) in [7, 11) is 0. The van der Waals surface area contributed by atoms with E-state index in [9.17, 15) is 9.59 Å². The van der Waals surface area contributed by atoms with Crippen molar-refractivity contribution in [2.75, 3.05) is 26.2 Å². The van der Waals surface area contributed by atoms with E-state index in [4.69, 9.17) is 0 Å². The lowest BCUT2D eigenvalue weighted by molar-refractivity contribution is -0.125. The Labute approximate surface area is 219 Å². The minimum Gasteiger partial charge on any atom is -0.355 e. The summed E-state index contributed by atoms with van der Waals surface area (Å²) in [4.78, 5) is 31.5. The summed E-state index contributed by atoms with van der Waals surface area (Å²) in [5, 5.41) is 3.24. The summed E-state index contributed by atoms with van der Waals surface area (Å²) in [5.41, 5.74) is 5.94. The predicted molar refractivity (Wildman–Crippen MR) is 146 cm³/mol. The van der Waals surface area contributed by atoms with Gasteiger partial charge in [-0.05, 0) is 66.1 Å². The summed E-state index contributed by atoms with van der Waals surface area (Å²) >= 11 is 0. The number of carbonyl (C=O) groups is 2. The monoisotopic (exact) mass is 493 g/mol. The lowest BCUT2D eigenvalue weighted by Crippen LogP contribution is -2.49. The summed E-state index contributed by atoms with van der Waals surface area (Å²) < 4.78 is 0. The Morgan fingerprint density at radius 3 is 2.11 bits per heavy atom. The molecular weight excluding hydrogens is 458 g/mol. The molecular formula is C32H35N3O2. The first-order valence-electron chi connectivity index (χ1n) is 13.7. The van der Waals surface area contributed by atoms with Crippen LogP contribution in [0.4, 0.5) is 0 Å². The number of rotatable bonds is 7. The molecule has 0 saturated carbocycles. The third-order valence-electron chi connectivity index (χ3n) is 8.64. The van der Waals surface area contributed by atoms with Crippen molar-refractivity contribution in [1.82, 2.24) is 15.1 Å². The Kier molecular flexibility index (Phi) is 6.33. The zero-order valence-electron chi connectivity index (χ0n) is 21.6. The third-order valence-corrected chi connectivity index (χ3v) is 8.64. The molecule has 0 unspecified atom stereocenters. The molecule has 1 fully saturated rings. The first-order chi connectivity index (χ1) is 18.1. The van der Waals surface area contributed by atoms with Crippen LogP contribution in [0, 0.1) is 0 Å². The zero-order chi connectivity index (χ0) is 25.4. The van der Waals surface area contributed by atoms with E-state index in [1.165, 1.54) is 11.1 Å². The summed E-state index contributed by atoms with van der Waals surface area (Å²) in [6.07, 6.45) is 3.61. The second-order valence-corrected chi connectivity index (χ2v) is 10.7. The van der Waals surface area contributed by atoms with Gasteiger partial charge >= 0.3 is 0 Å². The summed E-state index contributed by atoms with van der Waals surface area (Å²) in [6, 6.07) is 25.1. The molecule has 0 aromatic heterocycles. The molecule has 3 aromatic rings. The van der Waals surface area contributed by atoms with E-state index in [1.54, 1.807) is 0 Å². The van der Waals surface area contributed by atoms with Crippen LogP contribution < -0.4 is 5.32 Å². The molecule has 6 rings (SSSR count). The molecule has 2 heterocycles. The fraction of sp³-hybridized carbons (Fsp3) is 0.375. The maximum atomic E-state index is 13.9. The lowest BCUT2D eigenvalue weighted by atomic mass is 9.74. The van der Waals surface area contributed by atoms with Crippen molar-refractivity contribution in [3.05, 3.63) is 95.1 Å². The van der Waals surface area contributed by atoms with Gasteiger partial charge in [-0.3, -0.25) is 9.59 Å². The van der Waals surface area contributed by atoms with E-state index < -0.39 is 5.41 Å². The van der Waals surface area contributed by atoms with Crippen molar-refractivity contribution in [3.8, 4) is 11.1 Å². The molecule has 0 spiro atoms. The van der Waals surface area contributed by atoms with Gasteiger partial charge in [-0.1, -0.05) is 73.7 Å². The molecule has 37 heavy (non-hydrogen) atoms. The van der Waals surface area contributed by atoms with Gasteiger partial charge in [0, 0.05) is 37.8 Å². The van der Waals surface area contributed by atoms with Crippen LogP contribution in [-0.2, 0) is 16.8 Å². The molecule has 2 aliphatic heterocycles. The number of nitrogens with one attached hydrogen (secondary N) is 1. The molecule has 1 saturated heterocycles. The fourth-order valence-electron chi connectivity index (χ4n) is 6.69. The van der Waals surface area contributed by atoms with Gasteiger partial charge in [0.05, 0.1) is 0 Å². The highest BCUT2D eigenvalue weighted by molar-refractivity contribution is 6.00. The molecule has 3 aliphatic rings. The van der Waals surface area contributed by atoms with E-state index in [-0.39, 0.29) is 17.9 Å². The molecule has 190 valence electrons. The van der Waals surface area contributed by atoms with E-state index in [0.717, 1.165) is 74.1 Å². The van der Waals surface area contributed by atoms with Gasteiger partial charge in [0.15, 0.2) is 0 Å². The van der Waals surface area contributed by atoms with Gasteiger partial charge < -0.3 is 15.1 Å². The number of fused-ring (bicyclic) bond motifs is 4. The number of carbonyl (C=O) groups excluding carboxylic acids is 2. The van der Waals surface area contributed by atoms with Crippen molar-refractivity contribution in [2.45, 2.75) is 50.6 Å². The van der Waals surface area contributed by atoms with Crippen LogP contribution in [0.15, 0.2) is 72.8 Å². The first-order valence-corrected chi connectivity index (χ1v) is 13.7. The Hall–Kier alpha value is -3.44. The van der Waals surface area contributed by atoms with Crippen molar-refractivity contribution < 1.29 is 9.59 Å². The molecule has 0 atom stereocenters. The van der Waals surface area contributed by atoms with Crippen LogP contribution in [0.25, 0.3) is 11.1 Å². The lowest BCUT2D eigenvalue weighted by Gasteiger charge is -2.38. The van der Waals surface area contributed by atoms with Crippen molar-refractivity contribution in [2.24, 2.45) is 0 Å². The van der Waals surface area contributed by atoms with E-state index in [0.29, 0.717) is 6.54 Å². The second kappa shape index (κ2) is 9.79. The second-order valence-electron chi connectivity index (χ2n) is 10.7. The average Bonchev–Trinajstić information content (AvgIpc) is 3.44. The van der Waals surface area contributed by atoms with Crippen molar-refractivity contribution in [3.63, 3.8) is 0 Å². The highest BCUT2D eigenvalue weighted by Gasteiger charge is 2.48. The van der Waals surface area contributed by atoms with Crippen LogP contribution in [-0.4, -0.2) is 53.8 Å². The van der Waals surface area contributed by atoms with Crippen molar-refractivity contribution in [1.29, 1.82) is 0 Å². The standard InChI is InChI=1S/C32H35N3O2/c1-2-18-33-31(37)32(28-13-7-5-11-26(28)27-12-6-8-14-29(27)32)17-21-34-19-15-24(16-20-34)35-22-23-9-3-4-10-25(23)30(35)36/h3-14,24H,2,15-22H2,1H3,(H,33,37). The number of amides is 2. The predicted octanol–water partition coefficient (Wildman–Crippen LogP) is 4.99. The third kappa shape index (κ3) is 3.97. The highest BCUT2D eigenvalue weighted by Crippen LogP contribution is 2.51. The number of likely N-dealkylation sites (tertiary alicyclic amines) is 1. The normalized spacial score (nSPS) is 18.4. The Balaban J connectivity index is 1.20. The van der Waals surface area contributed by atoms with Crippen LogP contribution in [0.2, 0.25) is 0 Å². The van der Waals surface area contributed by atoms with Gasteiger partial charge in [0.2, 0.25) is 5.91 Å². The van der Waals surface area contributed by atoms with E-state index >= 15 is 0 Å². The first kappa shape index (κ1) is 23.9. The maximum absolute atomic E-state index is 13.9. The van der Waals surface area contributed by atoms with Crippen molar-refractivity contribution >= 4 is 11.8 Å². The number of piperidine rings is 1. The van der Waals surface area contributed by atoms with Crippen LogP contribution >= 0.6 is 0 Å². The molecule has 1 N–H and O–H groups in total.